The van der Waals surface area contributed by atoms with E-state index in [1.54, 1.807) is 30.3 Å². The maximum atomic E-state index is 12.2. The molecule has 3 rings (SSSR count). The number of halogens is 1. The Labute approximate surface area is 157 Å². The molecule has 1 amide bonds. The van der Waals surface area contributed by atoms with Gasteiger partial charge in [0.15, 0.2) is 0 Å². The number of anilines is 1. The number of carbonyl (C=O) groups is 2. The van der Waals surface area contributed by atoms with Gasteiger partial charge in [-0.05, 0) is 49.2 Å². The van der Waals surface area contributed by atoms with Crippen LogP contribution in [0.25, 0.3) is 0 Å². The molecular formula is C19H22ClN3O3. The second-order valence-electron chi connectivity index (χ2n) is 6.35. The van der Waals surface area contributed by atoms with E-state index in [9.17, 15) is 9.59 Å². The van der Waals surface area contributed by atoms with Gasteiger partial charge in [0.25, 0.3) is 0 Å². The maximum absolute atomic E-state index is 12.2. The molecule has 0 spiro atoms. The number of hydrogen-bond donors (Lipinski definition) is 1. The number of ether oxygens (including phenoxy) is 1. The van der Waals surface area contributed by atoms with Crippen molar-refractivity contribution in [1.29, 1.82) is 0 Å². The average molecular weight is 376 g/mol. The highest BCUT2D eigenvalue weighted by Gasteiger charge is 2.24. The molecule has 1 aromatic carbocycles. The van der Waals surface area contributed by atoms with Crippen LogP contribution in [0, 0.1) is 0 Å². The SMILES string of the molecule is COC(=O)c1cccn1C1CCN(CC(=O)Nc2ccc(Cl)cc2)CC1. The molecule has 0 radical (unpaired) electrons. The van der Waals surface area contributed by atoms with Crippen LogP contribution in [0.15, 0.2) is 42.6 Å². The van der Waals surface area contributed by atoms with Gasteiger partial charge in [0, 0.05) is 36.0 Å². The minimum Gasteiger partial charge on any atom is -0.464 e. The molecule has 26 heavy (non-hydrogen) atoms. The molecule has 1 aliphatic rings. The zero-order valence-corrected chi connectivity index (χ0v) is 15.4. The van der Waals surface area contributed by atoms with E-state index in [0.29, 0.717) is 17.3 Å². The van der Waals surface area contributed by atoms with E-state index in [0.717, 1.165) is 31.6 Å². The third-order valence-electron chi connectivity index (χ3n) is 4.62. The Morgan fingerprint density at radius 1 is 1.19 bits per heavy atom. The van der Waals surface area contributed by atoms with Crippen LogP contribution in [0.5, 0.6) is 0 Å². The zero-order chi connectivity index (χ0) is 18.5. The molecule has 0 saturated carbocycles. The lowest BCUT2D eigenvalue weighted by Crippen LogP contribution is -2.40. The summed E-state index contributed by atoms with van der Waals surface area (Å²) in [6.07, 6.45) is 3.68. The lowest BCUT2D eigenvalue weighted by atomic mass is 10.0. The standard InChI is InChI=1S/C19H22ClN3O3/c1-26-19(25)17-3-2-10-23(17)16-8-11-22(12-9-16)13-18(24)21-15-6-4-14(20)5-7-15/h2-7,10,16H,8-9,11-13H2,1H3,(H,21,24). The van der Waals surface area contributed by atoms with Gasteiger partial charge < -0.3 is 14.6 Å². The van der Waals surface area contributed by atoms with Crippen molar-refractivity contribution in [2.75, 3.05) is 32.1 Å². The largest absolute Gasteiger partial charge is 0.464 e. The molecule has 0 atom stereocenters. The van der Waals surface area contributed by atoms with Crippen LogP contribution in [0.1, 0.15) is 29.4 Å². The molecule has 0 unspecified atom stereocenters. The number of rotatable bonds is 5. The van der Waals surface area contributed by atoms with E-state index < -0.39 is 0 Å². The van der Waals surface area contributed by atoms with E-state index in [-0.39, 0.29) is 17.9 Å². The van der Waals surface area contributed by atoms with Crippen LogP contribution < -0.4 is 5.32 Å². The van der Waals surface area contributed by atoms with E-state index >= 15 is 0 Å². The highest BCUT2D eigenvalue weighted by atomic mass is 35.5. The van der Waals surface area contributed by atoms with Gasteiger partial charge in [0.2, 0.25) is 5.91 Å². The number of nitrogens with one attached hydrogen (secondary N) is 1. The summed E-state index contributed by atoms with van der Waals surface area (Å²) < 4.78 is 6.82. The molecular weight excluding hydrogens is 354 g/mol. The van der Waals surface area contributed by atoms with Crippen molar-refractivity contribution in [3.8, 4) is 0 Å². The summed E-state index contributed by atoms with van der Waals surface area (Å²) in [5, 5.41) is 3.52. The zero-order valence-electron chi connectivity index (χ0n) is 14.7. The number of hydrogen-bond acceptors (Lipinski definition) is 4. The third-order valence-corrected chi connectivity index (χ3v) is 4.87. The van der Waals surface area contributed by atoms with Crippen LogP contribution in [0.4, 0.5) is 5.69 Å². The normalized spacial score (nSPS) is 15.6. The Bertz CT molecular complexity index is 765. The lowest BCUT2D eigenvalue weighted by molar-refractivity contribution is -0.117. The van der Waals surface area contributed by atoms with Crippen molar-refractivity contribution in [3.05, 3.63) is 53.3 Å². The summed E-state index contributed by atoms with van der Waals surface area (Å²) in [4.78, 5) is 26.2. The topological polar surface area (TPSA) is 63.6 Å². The summed E-state index contributed by atoms with van der Waals surface area (Å²) in [5.41, 5.74) is 1.32. The first-order valence-electron chi connectivity index (χ1n) is 8.60. The van der Waals surface area contributed by atoms with Gasteiger partial charge in [-0.3, -0.25) is 9.69 Å². The van der Waals surface area contributed by atoms with Crippen LogP contribution in [-0.4, -0.2) is 48.1 Å². The molecule has 0 bridgehead atoms. The highest BCUT2D eigenvalue weighted by Crippen LogP contribution is 2.25. The van der Waals surface area contributed by atoms with Gasteiger partial charge in [0.1, 0.15) is 5.69 Å². The predicted molar refractivity (Wildman–Crippen MR) is 101 cm³/mol. The van der Waals surface area contributed by atoms with Gasteiger partial charge in [-0.15, -0.1) is 0 Å². The minimum atomic E-state index is -0.320. The average Bonchev–Trinajstić information content (AvgIpc) is 3.13. The second kappa shape index (κ2) is 8.38. The summed E-state index contributed by atoms with van der Waals surface area (Å²) >= 11 is 5.85. The Morgan fingerprint density at radius 2 is 1.88 bits per heavy atom. The molecule has 1 saturated heterocycles. The van der Waals surface area contributed by atoms with Crippen LogP contribution in [0.3, 0.4) is 0 Å². The van der Waals surface area contributed by atoms with Crippen molar-refractivity contribution in [2.24, 2.45) is 0 Å². The summed E-state index contributed by atoms with van der Waals surface area (Å²) in [5.74, 6) is -0.359. The van der Waals surface area contributed by atoms with Crippen molar-refractivity contribution in [1.82, 2.24) is 9.47 Å². The third kappa shape index (κ3) is 4.45. The van der Waals surface area contributed by atoms with Crippen molar-refractivity contribution >= 4 is 29.2 Å². The Hall–Kier alpha value is -2.31. The van der Waals surface area contributed by atoms with Gasteiger partial charge >= 0.3 is 5.97 Å². The Kier molecular flexibility index (Phi) is 5.96. The summed E-state index contributed by atoms with van der Waals surface area (Å²) in [6.45, 7) is 1.96. The number of piperidine rings is 1. The molecule has 2 heterocycles. The smallest absolute Gasteiger partial charge is 0.354 e. The van der Waals surface area contributed by atoms with Gasteiger partial charge in [-0.25, -0.2) is 4.79 Å². The molecule has 1 N–H and O–H groups in total. The number of likely N-dealkylation sites (tertiary alicyclic amines) is 1. The van der Waals surface area contributed by atoms with Gasteiger partial charge in [-0.1, -0.05) is 11.6 Å². The maximum Gasteiger partial charge on any atom is 0.354 e. The lowest BCUT2D eigenvalue weighted by Gasteiger charge is -2.32. The molecule has 1 aromatic heterocycles. The van der Waals surface area contributed by atoms with Crippen LogP contribution in [-0.2, 0) is 9.53 Å². The molecule has 0 aliphatic carbocycles. The number of aromatic nitrogens is 1. The van der Waals surface area contributed by atoms with Crippen LogP contribution in [0.2, 0.25) is 5.02 Å². The second-order valence-corrected chi connectivity index (χ2v) is 6.79. The number of benzene rings is 1. The Morgan fingerprint density at radius 3 is 2.54 bits per heavy atom. The molecule has 1 fully saturated rings. The van der Waals surface area contributed by atoms with Crippen LogP contribution >= 0.6 is 11.6 Å². The molecule has 2 aromatic rings. The summed E-state index contributed by atoms with van der Waals surface area (Å²) in [7, 11) is 1.39. The highest BCUT2D eigenvalue weighted by molar-refractivity contribution is 6.30. The molecule has 7 heteroatoms. The molecule has 1 aliphatic heterocycles. The van der Waals surface area contributed by atoms with E-state index in [2.05, 4.69) is 10.2 Å². The first-order valence-corrected chi connectivity index (χ1v) is 8.97. The Balaban J connectivity index is 1.51. The number of esters is 1. The van der Waals surface area contributed by atoms with E-state index in [1.807, 2.05) is 16.8 Å². The molecule has 6 nitrogen and oxygen atoms in total. The quantitative estimate of drug-likeness (QED) is 0.815. The first-order chi connectivity index (χ1) is 12.6. The van der Waals surface area contributed by atoms with E-state index in [4.69, 9.17) is 16.3 Å². The monoisotopic (exact) mass is 375 g/mol. The fraction of sp³-hybridized carbons (Fsp3) is 0.368. The number of amides is 1. The number of carbonyl (C=O) groups excluding carboxylic acids is 2. The minimum absolute atomic E-state index is 0.0398. The first kappa shape index (κ1) is 18.5. The fourth-order valence-corrected chi connectivity index (χ4v) is 3.41. The van der Waals surface area contributed by atoms with Crippen molar-refractivity contribution in [2.45, 2.75) is 18.9 Å². The van der Waals surface area contributed by atoms with Crippen molar-refractivity contribution < 1.29 is 14.3 Å². The number of methoxy groups -OCH3 is 1. The fourth-order valence-electron chi connectivity index (χ4n) is 3.28. The predicted octanol–water partition coefficient (Wildman–Crippen LogP) is 3.20. The van der Waals surface area contributed by atoms with Crippen molar-refractivity contribution in [3.63, 3.8) is 0 Å². The van der Waals surface area contributed by atoms with Gasteiger partial charge in [0.05, 0.1) is 13.7 Å². The molecule has 138 valence electrons. The van der Waals surface area contributed by atoms with Gasteiger partial charge in [-0.2, -0.15) is 0 Å². The summed E-state index contributed by atoms with van der Waals surface area (Å²) in [6, 6.07) is 10.9. The van der Waals surface area contributed by atoms with E-state index in [1.165, 1.54) is 7.11 Å². The number of nitrogens with zero attached hydrogens (tertiary/aromatic N) is 2.